The van der Waals surface area contributed by atoms with Gasteiger partial charge in [0.2, 0.25) is 0 Å². The molecule has 0 aliphatic rings. The van der Waals surface area contributed by atoms with E-state index in [1.165, 1.54) is 11.9 Å². The number of nitrogens with zero attached hydrogens (tertiary/aromatic N) is 4. The molecule has 0 saturated heterocycles. The minimum atomic E-state index is 0.703. The number of rotatable bonds is 5. The molecule has 3 heterocycles. The lowest BCUT2D eigenvalue weighted by molar-refractivity contribution is 1.11. The average Bonchev–Trinajstić information content (AvgIpc) is 2.74. The van der Waals surface area contributed by atoms with Crippen LogP contribution in [0, 0.1) is 0 Å². The van der Waals surface area contributed by atoms with E-state index in [2.05, 4.69) is 55.6 Å². The zero-order valence-electron chi connectivity index (χ0n) is 14.1. The third-order valence-corrected chi connectivity index (χ3v) is 4.05. The number of hydrogen-bond acceptors (Lipinski definition) is 5. The van der Waals surface area contributed by atoms with Crippen molar-refractivity contribution in [2.24, 2.45) is 0 Å². The molecule has 4 rings (SSSR count). The highest BCUT2D eigenvalue weighted by molar-refractivity contribution is 5.63. The van der Waals surface area contributed by atoms with Crippen LogP contribution in [0.3, 0.4) is 0 Å². The van der Waals surface area contributed by atoms with Crippen molar-refractivity contribution >= 4 is 5.82 Å². The summed E-state index contributed by atoms with van der Waals surface area (Å²) in [5, 5.41) is 3.36. The molecule has 0 bridgehead atoms. The van der Waals surface area contributed by atoms with Crippen molar-refractivity contribution in [3.8, 4) is 22.3 Å². The lowest BCUT2D eigenvalue weighted by atomic mass is 10.0. The van der Waals surface area contributed by atoms with Crippen molar-refractivity contribution in [1.82, 2.24) is 19.9 Å². The molecule has 26 heavy (non-hydrogen) atoms. The van der Waals surface area contributed by atoms with Crippen LogP contribution in [0.2, 0.25) is 0 Å². The molecule has 1 N–H and O–H groups in total. The molecule has 1 aromatic carbocycles. The lowest BCUT2D eigenvalue weighted by Crippen LogP contribution is -2.01. The Hall–Kier alpha value is -3.60. The van der Waals surface area contributed by atoms with Crippen LogP contribution in [0.15, 0.2) is 85.8 Å². The first-order valence-corrected chi connectivity index (χ1v) is 8.33. The standard InChI is InChI=1S/C21H17N5/c1-3-16(9-17(4-1)18-5-2-8-22-11-18)10-25-21-7-6-19(14-26-21)20-12-23-15-24-13-20/h1-9,11-15H,10H2,(H,25,26). The fraction of sp³-hybridized carbons (Fsp3) is 0.0476. The van der Waals surface area contributed by atoms with Gasteiger partial charge in [0.05, 0.1) is 0 Å². The SMILES string of the molecule is c1cncc(-c2cccc(CNc3ccc(-c4cncnc4)cn3)c2)c1. The Balaban J connectivity index is 1.44. The maximum absolute atomic E-state index is 4.47. The van der Waals surface area contributed by atoms with Gasteiger partial charge in [-0.1, -0.05) is 24.3 Å². The van der Waals surface area contributed by atoms with E-state index in [0.29, 0.717) is 6.54 Å². The van der Waals surface area contributed by atoms with E-state index in [0.717, 1.165) is 28.1 Å². The van der Waals surface area contributed by atoms with Crippen molar-refractivity contribution in [1.29, 1.82) is 0 Å². The summed E-state index contributed by atoms with van der Waals surface area (Å²) < 4.78 is 0. The Morgan fingerprint density at radius 3 is 2.27 bits per heavy atom. The van der Waals surface area contributed by atoms with Gasteiger partial charge in [-0.25, -0.2) is 15.0 Å². The van der Waals surface area contributed by atoms with E-state index in [1.54, 1.807) is 18.6 Å². The highest BCUT2D eigenvalue weighted by Gasteiger charge is 2.02. The topological polar surface area (TPSA) is 63.6 Å². The second kappa shape index (κ2) is 7.53. The van der Waals surface area contributed by atoms with E-state index >= 15 is 0 Å². The number of pyridine rings is 2. The molecule has 3 aromatic heterocycles. The molecule has 0 unspecified atom stereocenters. The molecule has 5 nitrogen and oxygen atoms in total. The molecule has 0 atom stereocenters. The van der Waals surface area contributed by atoms with Crippen LogP contribution >= 0.6 is 0 Å². The quantitative estimate of drug-likeness (QED) is 0.590. The van der Waals surface area contributed by atoms with Crippen molar-refractivity contribution < 1.29 is 0 Å². The zero-order valence-corrected chi connectivity index (χ0v) is 14.1. The Morgan fingerprint density at radius 2 is 1.50 bits per heavy atom. The largest absolute Gasteiger partial charge is 0.366 e. The Kier molecular flexibility index (Phi) is 4.60. The Bertz CT molecular complexity index is 970. The number of anilines is 1. The minimum absolute atomic E-state index is 0.703. The van der Waals surface area contributed by atoms with E-state index in [1.807, 2.05) is 30.6 Å². The van der Waals surface area contributed by atoms with E-state index in [-0.39, 0.29) is 0 Å². The van der Waals surface area contributed by atoms with Crippen LogP contribution in [0.1, 0.15) is 5.56 Å². The lowest BCUT2D eigenvalue weighted by Gasteiger charge is -2.08. The summed E-state index contributed by atoms with van der Waals surface area (Å²) in [6.07, 6.45) is 10.6. The van der Waals surface area contributed by atoms with Crippen LogP contribution < -0.4 is 5.32 Å². The monoisotopic (exact) mass is 339 g/mol. The summed E-state index contributed by atoms with van der Waals surface area (Å²) in [5.74, 6) is 0.831. The average molecular weight is 339 g/mol. The summed E-state index contributed by atoms with van der Waals surface area (Å²) in [5.41, 5.74) is 5.41. The molecule has 0 spiro atoms. The van der Waals surface area contributed by atoms with Gasteiger partial charge in [-0.2, -0.15) is 0 Å². The van der Waals surface area contributed by atoms with Gasteiger partial charge < -0.3 is 5.32 Å². The molecule has 0 fully saturated rings. The third kappa shape index (κ3) is 3.72. The first-order valence-electron chi connectivity index (χ1n) is 8.33. The van der Waals surface area contributed by atoms with Gasteiger partial charge in [0.1, 0.15) is 12.1 Å². The Labute approximate surface area is 151 Å². The van der Waals surface area contributed by atoms with E-state index < -0.39 is 0 Å². The molecule has 0 amide bonds. The molecule has 0 saturated carbocycles. The van der Waals surface area contributed by atoms with Gasteiger partial charge in [0.15, 0.2) is 0 Å². The Morgan fingerprint density at radius 1 is 0.692 bits per heavy atom. The van der Waals surface area contributed by atoms with Crippen molar-refractivity contribution in [3.63, 3.8) is 0 Å². The fourth-order valence-corrected chi connectivity index (χ4v) is 2.70. The second-order valence-corrected chi connectivity index (χ2v) is 5.85. The summed E-state index contributed by atoms with van der Waals surface area (Å²) in [7, 11) is 0. The van der Waals surface area contributed by atoms with E-state index in [9.17, 15) is 0 Å². The molecule has 5 heteroatoms. The van der Waals surface area contributed by atoms with Crippen molar-refractivity contribution in [2.45, 2.75) is 6.54 Å². The summed E-state index contributed by atoms with van der Waals surface area (Å²) >= 11 is 0. The van der Waals surface area contributed by atoms with Crippen molar-refractivity contribution in [3.05, 3.63) is 91.4 Å². The highest BCUT2D eigenvalue weighted by Crippen LogP contribution is 2.20. The number of nitrogens with one attached hydrogen (secondary N) is 1. The second-order valence-electron chi connectivity index (χ2n) is 5.85. The van der Waals surface area contributed by atoms with Gasteiger partial charge in [0, 0.05) is 48.7 Å². The van der Waals surface area contributed by atoms with Gasteiger partial charge in [-0.3, -0.25) is 4.98 Å². The predicted molar refractivity (Wildman–Crippen MR) is 102 cm³/mol. The first kappa shape index (κ1) is 15.9. The molecule has 126 valence electrons. The predicted octanol–water partition coefficient (Wildman–Crippen LogP) is 4.21. The molecular formula is C21H17N5. The van der Waals surface area contributed by atoms with Crippen LogP contribution in [0.5, 0.6) is 0 Å². The molecule has 0 aliphatic heterocycles. The maximum Gasteiger partial charge on any atom is 0.126 e. The molecular weight excluding hydrogens is 322 g/mol. The van der Waals surface area contributed by atoms with Crippen LogP contribution in [0.4, 0.5) is 5.82 Å². The molecule has 4 aromatic rings. The van der Waals surface area contributed by atoms with Crippen LogP contribution in [0.25, 0.3) is 22.3 Å². The van der Waals surface area contributed by atoms with E-state index in [4.69, 9.17) is 0 Å². The van der Waals surface area contributed by atoms with Gasteiger partial charge in [0.25, 0.3) is 0 Å². The van der Waals surface area contributed by atoms with Gasteiger partial charge in [-0.05, 0) is 41.0 Å². The maximum atomic E-state index is 4.47. The van der Waals surface area contributed by atoms with Crippen LogP contribution in [-0.2, 0) is 6.54 Å². The molecule has 0 aliphatic carbocycles. The summed E-state index contributed by atoms with van der Waals surface area (Å²) in [4.78, 5) is 16.7. The summed E-state index contributed by atoms with van der Waals surface area (Å²) in [6, 6.07) is 16.4. The first-order chi connectivity index (χ1) is 12.9. The van der Waals surface area contributed by atoms with Gasteiger partial charge in [-0.15, -0.1) is 0 Å². The smallest absolute Gasteiger partial charge is 0.126 e. The fourth-order valence-electron chi connectivity index (χ4n) is 2.70. The normalized spacial score (nSPS) is 10.5. The molecule has 0 radical (unpaired) electrons. The number of hydrogen-bond donors (Lipinski definition) is 1. The minimum Gasteiger partial charge on any atom is -0.366 e. The summed E-state index contributed by atoms with van der Waals surface area (Å²) in [6.45, 7) is 0.703. The third-order valence-electron chi connectivity index (χ3n) is 4.05. The van der Waals surface area contributed by atoms with Crippen molar-refractivity contribution in [2.75, 3.05) is 5.32 Å². The highest BCUT2D eigenvalue weighted by atomic mass is 15.0. The van der Waals surface area contributed by atoms with Crippen LogP contribution in [-0.4, -0.2) is 19.9 Å². The number of aromatic nitrogens is 4. The van der Waals surface area contributed by atoms with Gasteiger partial charge >= 0.3 is 0 Å². The zero-order chi connectivity index (χ0) is 17.6. The number of benzene rings is 1.